The maximum atomic E-state index is 12.4. The van der Waals surface area contributed by atoms with Gasteiger partial charge in [-0.1, -0.05) is 12.1 Å². The van der Waals surface area contributed by atoms with Crippen LogP contribution in [0.15, 0.2) is 53.7 Å². The SMILES string of the molecule is CN(CCc1ccncc1)S(=O)(=O)c1ccc(CO)cc1. The van der Waals surface area contributed by atoms with Gasteiger partial charge in [-0.3, -0.25) is 4.98 Å². The molecule has 0 saturated carbocycles. The molecule has 5 nitrogen and oxygen atoms in total. The first-order chi connectivity index (χ1) is 10.0. The van der Waals surface area contributed by atoms with Crippen LogP contribution in [-0.4, -0.2) is 36.4 Å². The molecule has 0 aliphatic carbocycles. The van der Waals surface area contributed by atoms with E-state index in [1.807, 2.05) is 12.1 Å². The predicted molar refractivity (Wildman–Crippen MR) is 80.1 cm³/mol. The number of aliphatic hydroxyl groups excluding tert-OH is 1. The number of aliphatic hydroxyl groups is 1. The smallest absolute Gasteiger partial charge is 0.242 e. The van der Waals surface area contributed by atoms with Crippen molar-refractivity contribution in [3.63, 3.8) is 0 Å². The fraction of sp³-hybridized carbons (Fsp3) is 0.267. The second-order valence-corrected chi connectivity index (χ2v) is 6.78. The molecule has 1 N–H and O–H groups in total. The van der Waals surface area contributed by atoms with Gasteiger partial charge in [0.25, 0.3) is 0 Å². The maximum absolute atomic E-state index is 12.4. The molecule has 21 heavy (non-hydrogen) atoms. The van der Waals surface area contributed by atoms with E-state index in [1.165, 1.54) is 16.4 Å². The summed E-state index contributed by atoms with van der Waals surface area (Å²) in [4.78, 5) is 4.17. The summed E-state index contributed by atoms with van der Waals surface area (Å²) in [6.07, 6.45) is 4.02. The lowest BCUT2D eigenvalue weighted by Gasteiger charge is -2.17. The van der Waals surface area contributed by atoms with Crippen molar-refractivity contribution in [2.45, 2.75) is 17.9 Å². The van der Waals surface area contributed by atoms with E-state index >= 15 is 0 Å². The van der Waals surface area contributed by atoms with Crippen LogP contribution in [0.2, 0.25) is 0 Å². The minimum Gasteiger partial charge on any atom is -0.392 e. The van der Waals surface area contributed by atoms with Gasteiger partial charge in [-0.05, 0) is 41.8 Å². The van der Waals surface area contributed by atoms with Gasteiger partial charge in [0.05, 0.1) is 11.5 Å². The largest absolute Gasteiger partial charge is 0.392 e. The Morgan fingerprint density at radius 2 is 1.67 bits per heavy atom. The molecule has 0 fully saturated rings. The van der Waals surface area contributed by atoms with Gasteiger partial charge in [-0.25, -0.2) is 12.7 Å². The molecule has 0 bridgehead atoms. The summed E-state index contributed by atoms with van der Waals surface area (Å²) in [7, 11) is -1.93. The Morgan fingerprint density at radius 3 is 2.24 bits per heavy atom. The molecule has 2 aromatic rings. The third-order valence-corrected chi connectivity index (χ3v) is 5.15. The zero-order valence-corrected chi connectivity index (χ0v) is 12.6. The minimum absolute atomic E-state index is 0.0990. The van der Waals surface area contributed by atoms with Gasteiger partial charge in [0.1, 0.15) is 0 Å². The van der Waals surface area contributed by atoms with Crippen molar-refractivity contribution in [1.29, 1.82) is 0 Å². The summed E-state index contributed by atoms with van der Waals surface area (Å²) in [6, 6.07) is 10.0. The molecular weight excluding hydrogens is 288 g/mol. The van der Waals surface area contributed by atoms with Gasteiger partial charge in [0.2, 0.25) is 10.0 Å². The van der Waals surface area contributed by atoms with Crippen molar-refractivity contribution in [3.8, 4) is 0 Å². The Bertz CT molecular complexity index is 670. The molecule has 0 amide bonds. The van der Waals surface area contributed by atoms with Crippen LogP contribution in [0.1, 0.15) is 11.1 Å². The van der Waals surface area contributed by atoms with Gasteiger partial charge < -0.3 is 5.11 Å². The number of hydrogen-bond acceptors (Lipinski definition) is 4. The van der Waals surface area contributed by atoms with Crippen LogP contribution in [0.5, 0.6) is 0 Å². The van der Waals surface area contributed by atoms with Crippen LogP contribution in [0.4, 0.5) is 0 Å². The highest BCUT2D eigenvalue weighted by Gasteiger charge is 2.20. The number of aromatic nitrogens is 1. The fourth-order valence-electron chi connectivity index (χ4n) is 1.90. The van der Waals surface area contributed by atoms with Crippen molar-refractivity contribution in [3.05, 3.63) is 59.9 Å². The van der Waals surface area contributed by atoms with Crippen molar-refractivity contribution >= 4 is 10.0 Å². The molecule has 2 rings (SSSR count). The van der Waals surface area contributed by atoms with Gasteiger partial charge in [-0.15, -0.1) is 0 Å². The molecule has 0 saturated heterocycles. The second-order valence-electron chi connectivity index (χ2n) is 4.73. The molecule has 0 aliphatic rings. The lowest BCUT2D eigenvalue weighted by Crippen LogP contribution is -2.29. The molecule has 1 aromatic heterocycles. The number of benzene rings is 1. The summed E-state index contributed by atoms with van der Waals surface area (Å²) in [6.45, 7) is 0.298. The Balaban J connectivity index is 2.07. The summed E-state index contributed by atoms with van der Waals surface area (Å²) in [5, 5.41) is 8.99. The highest BCUT2D eigenvalue weighted by Crippen LogP contribution is 2.15. The minimum atomic E-state index is -3.50. The van der Waals surface area contributed by atoms with E-state index in [9.17, 15) is 8.42 Å². The van der Waals surface area contributed by atoms with E-state index in [1.54, 1.807) is 31.6 Å². The summed E-state index contributed by atoms with van der Waals surface area (Å²) < 4.78 is 26.1. The lowest BCUT2D eigenvalue weighted by molar-refractivity contribution is 0.281. The monoisotopic (exact) mass is 306 g/mol. The number of sulfonamides is 1. The molecule has 1 aromatic carbocycles. The van der Waals surface area contributed by atoms with Crippen LogP contribution >= 0.6 is 0 Å². The Hall–Kier alpha value is -1.76. The Kier molecular flexibility index (Phi) is 5.06. The van der Waals surface area contributed by atoms with E-state index in [4.69, 9.17) is 5.11 Å². The first-order valence-electron chi connectivity index (χ1n) is 6.59. The van der Waals surface area contributed by atoms with E-state index in [0.29, 0.717) is 18.5 Å². The normalized spacial score (nSPS) is 11.8. The fourth-order valence-corrected chi connectivity index (χ4v) is 3.07. The molecule has 0 spiro atoms. The molecule has 112 valence electrons. The predicted octanol–water partition coefficient (Wildman–Crippen LogP) is 1.44. The van der Waals surface area contributed by atoms with Crippen molar-refractivity contribution in [2.24, 2.45) is 0 Å². The Morgan fingerprint density at radius 1 is 1.05 bits per heavy atom. The van der Waals surface area contributed by atoms with Crippen LogP contribution < -0.4 is 0 Å². The van der Waals surface area contributed by atoms with Gasteiger partial charge in [0.15, 0.2) is 0 Å². The van der Waals surface area contributed by atoms with E-state index in [0.717, 1.165) is 5.56 Å². The number of pyridine rings is 1. The zero-order chi connectivity index (χ0) is 15.3. The van der Waals surface area contributed by atoms with Crippen LogP contribution in [-0.2, 0) is 23.1 Å². The molecule has 0 unspecified atom stereocenters. The lowest BCUT2D eigenvalue weighted by atomic mass is 10.2. The number of nitrogens with zero attached hydrogens (tertiary/aromatic N) is 2. The summed E-state index contributed by atoms with van der Waals surface area (Å²) in [5.74, 6) is 0. The third kappa shape index (κ3) is 3.87. The molecule has 6 heteroatoms. The van der Waals surface area contributed by atoms with Gasteiger partial charge in [0, 0.05) is 26.0 Å². The average molecular weight is 306 g/mol. The van der Waals surface area contributed by atoms with Gasteiger partial charge >= 0.3 is 0 Å². The number of likely N-dealkylation sites (N-methyl/N-ethyl adjacent to an activating group) is 1. The number of rotatable bonds is 6. The van der Waals surface area contributed by atoms with E-state index in [-0.39, 0.29) is 11.5 Å². The first kappa shape index (κ1) is 15.6. The molecule has 0 atom stereocenters. The van der Waals surface area contributed by atoms with E-state index < -0.39 is 10.0 Å². The van der Waals surface area contributed by atoms with Crippen molar-refractivity contribution in [2.75, 3.05) is 13.6 Å². The van der Waals surface area contributed by atoms with Crippen LogP contribution in [0.25, 0.3) is 0 Å². The second kappa shape index (κ2) is 6.80. The summed E-state index contributed by atoms with van der Waals surface area (Å²) in [5.41, 5.74) is 1.73. The molecule has 1 heterocycles. The highest BCUT2D eigenvalue weighted by atomic mass is 32.2. The highest BCUT2D eigenvalue weighted by molar-refractivity contribution is 7.89. The average Bonchev–Trinajstić information content (AvgIpc) is 2.53. The molecular formula is C15H18N2O3S. The van der Waals surface area contributed by atoms with Crippen LogP contribution in [0, 0.1) is 0 Å². The standard InChI is InChI=1S/C15H18N2O3S/c1-17(11-8-13-6-9-16-10-7-13)21(19,20)15-4-2-14(12-18)3-5-15/h2-7,9-10,18H,8,11-12H2,1H3. The first-order valence-corrected chi connectivity index (χ1v) is 8.03. The number of hydrogen-bond donors (Lipinski definition) is 1. The van der Waals surface area contributed by atoms with Crippen LogP contribution in [0.3, 0.4) is 0 Å². The van der Waals surface area contributed by atoms with Crippen molar-refractivity contribution < 1.29 is 13.5 Å². The zero-order valence-electron chi connectivity index (χ0n) is 11.8. The maximum Gasteiger partial charge on any atom is 0.242 e. The Labute approximate surface area is 124 Å². The van der Waals surface area contributed by atoms with Gasteiger partial charge in [-0.2, -0.15) is 0 Å². The topological polar surface area (TPSA) is 70.5 Å². The van der Waals surface area contributed by atoms with E-state index in [2.05, 4.69) is 4.98 Å². The third-order valence-electron chi connectivity index (χ3n) is 3.28. The van der Waals surface area contributed by atoms with Crippen molar-refractivity contribution in [1.82, 2.24) is 9.29 Å². The quantitative estimate of drug-likeness (QED) is 0.876. The molecule has 0 aliphatic heterocycles. The summed E-state index contributed by atoms with van der Waals surface area (Å²) >= 11 is 0. The molecule has 0 radical (unpaired) electrons.